The molecule has 2 aliphatic rings. The van der Waals surface area contributed by atoms with Crippen LogP contribution >= 0.6 is 11.3 Å². The fourth-order valence-electron chi connectivity index (χ4n) is 3.64. The minimum absolute atomic E-state index is 0.115. The first kappa shape index (κ1) is 21.2. The van der Waals surface area contributed by atoms with Crippen LogP contribution in [0.3, 0.4) is 0 Å². The van der Waals surface area contributed by atoms with Crippen molar-refractivity contribution in [2.45, 2.75) is 31.1 Å². The van der Waals surface area contributed by atoms with Crippen molar-refractivity contribution in [3.8, 4) is 0 Å². The van der Waals surface area contributed by atoms with Crippen molar-refractivity contribution in [3.05, 3.63) is 28.8 Å². The Balaban J connectivity index is 1.68. The second kappa shape index (κ2) is 8.96. The van der Waals surface area contributed by atoms with Gasteiger partial charge in [-0.25, -0.2) is 8.42 Å². The molecule has 0 unspecified atom stereocenters. The summed E-state index contributed by atoms with van der Waals surface area (Å²) in [7, 11) is -3.70. The molecule has 1 aromatic carbocycles. The number of morpholine rings is 1. The summed E-state index contributed by atoms with van der Waals surface area (Å²) in [6, 6.07) is 4.82. The van der Waals surface area contributed by atoms with E-state index >= 15 is 0 Å². The molecular weight excluding hydrogens is 426 g/mol. The Kier molecular flexibility index (Phi) is 6.32. The molecule has 30 heavy (non-hydrogen) atoms. The first-order valence-corrected chi connectivity index (χ1v) is 12.4. The number of carbonyl (C=O) groups is 1. The number of benzene rings is 1. The number of aromatic nitrogens is 2. The number of nitrogens with one attached hydrogen (secondary N) is 1. The molecule has 1 aromatic heterocycles. The van der Waals surface area contributed by atoms with Crippen molar-refractivity contribution >= 4 is 38.1 Å². The van der Waals surface area contributed by atoms with Gasteiger partial charge >= 0.3 is 0 Å². The van der Waals surface area contributed by atoms with E-state index in [1.807, 2.05) is 6.92 Å². The fourth-order valence-corrected chi connectivity index (χ4v) is 5.75. The Morgan fingerprint density at radius 3 is 2.57 bits per heavy atom. The molecular formula is C19H25N5O4S2. The zero-order valence-electron chi connectivity index (χ0n) is 16.8. The summed E-state index contributed by atoms with van der Waals surface area (Å²) in [6.45, 7) is 5.01. The molecule has 1 N–H and O–H groups in total. The minimum atomic E-state index is -3.70. The van der Waals surface area contributed by atoms with Crippen LogP contribution in [0, 0.1) is 0 Å². The van der Waals surface area contributed by atoms with E-state index in [2.05, 4.69) is 20.4 Å². The largest absolute Gasteiger partial charge is 0.379 e. The molecule has 2 fully saturated rings. The molecule has 162 valence electrons. The number of hydrogen-bond donors (Lipinski definition) is 1. The lowest BCUT2D eigenvalue weighted by Gasteiger charge is -2.27. The summed E-state index contributed by atoms with van der Waals surface area (Å²) >= 11 is 1.32. The molecule has 2 saturated heterocycles. The van der Waals surface area contributed by atoms with Gasteiger partial charge in [0.25, 0.3) is 5.91 Å². The summed E-state index contributed by atoms with van der Waals surface area (Å²) in [6.07, 6.45) is 2.83. The zero-order valence-corrected chi connectivity index (χ0v) is 18.5. The van der Waals surface area contributed by atoms with Gasteiger partial charge in [-0.2, -0.15) is 4.31 Å². The molecule has 1 amide bonds. The second-order valence-electron chi connectivity index (χ2n) is 7.20. The summed E-state index contributed by atoms with van der Waals surface area (Å²) < 4.78 is 32.9. The quantitative estimate of drug-likeness (QED) is 0.716. The van der Waals surface area contributed by atoms with E-state index in [1.165, 1.54) is 21.7 Å². The maximum atomic E-state index is 13.1. The first-order chi connectivity index (χ1) is 14.5. The maximum Gasteiger partial charge on any atom is 0.259 e. The molecule has 0 saturated carbocycles. The standard InChI is InChI=1S/C19H25N5O4S2/c1-2-17-21-22-19(29-17)20-18(25)15-13-14(5-6-16(15)23-7-3-4-8-23)30(26,27)24-9-11-28-12-10-24/h5-6,13H,2-4,7-12H2,1H3,(H,20,22,25). The SMILES string of the molecule is CCc1nnc(NC(=O)c2cc(S(=O)(=O)N3CCOCC3)ccc2N2CCCC2)s1. The maximum absolute atomic E-state index is 13.1. The van der Waals surface area contributed by atoms with E-state index in [-0.39, 0.29) is 10.8 Å². The lowest BCUT2D eigenvalue weighted by Crippen LogP contribution is -2.40. The van der Waals surface area contributed by atoms with Crippen LogP contribution in [0.15, 0.2) is 23.1 Å². The van der Waals surface area contributed by atoms with Gasteiger partial charge in [-0.3, -0.25) is 10.1 Å². The Bertz CT molecular complexity index is 1010. The van der Waals surface area contributed by atoms with Gasteiger partial charge in [0.05, 0.1) is 23.7 Å². The number of rotatable bonds is 6. The van der Waals surface area contributed by atoms with E-state index < -0.39 is 10.0 Å². The van der Waals surface area contributed by atoms with E-state index in [9.17, 15) is 13.2 Å². The Hall–Kier alpha value is -2.08. The van der Waals surface area contributed by atoms with E-state index in [0.717, 1.165) is 43.0 Å². The van der Waals surface area contributed by atoms with Gasteiger partial charge < -0.3 is 9.64 Å². The number of ether oxygens (including phenoxy) is 1. The lowest BCUT2D eigenvalue weighted by atomic mass is 10.1. The molecule has 0 aliphatic carbocycles. The third-order valence-corrected chi connectivity index (χ3v) is 8.13. The monoisotopic (exact) mass is 451 g/mol. The van der Waals surface area contributed by atoms with Crippen molar-refractivity contribution in [2.24, 2.45) is 0 Å². The molecule has 0 bridgehead atoms. The van der Waals surface area contributed by atoms with Gasteiger partial charge in [0.15, 0.2) is 0 Å². The lowest BCUT2D eigenvalue weighted by molar-refractivity contribution is 0.0730. The molecule has 9 nitrogen and oxygen atoms in total. The predicted molar refractivity (Wildman–Crippen MR) is 115 cm³/mol. The van der Waals surface area contributed by atoms with Crippen LogP contribution in [0.2, 0.25) is 0 Å². The van der Waals surface area contributed by atoms with Crippen LogP contribution in [-0.2, 0) is 21.2 Å². The Labute approximate surface area is 180 Å². The Morgan fingerprint density at radius 1 is 1.17 bits per heavy atom. The zero-order chi connectivity index (χ0) is 21.1. The number of hydrogen-bond acceptors (Lipinski definition) is 8. The number of amides is 1. The smallest absolute Gasteiger partial charge is 0.259 e. The molecule has 4 rings (SSSR count). The van der Waals surface area contributed by atoms with E-state index in [1.54, 1.807) is 12.1 Å². The van der Waals surface area contributed by atoms with Gasteiger partial charge in [-0.05, 0) is 37.5 Å². The normalized spacial score (nSPS) is 18.0. The summed E-state index contributed by atoms with van der Waals surface area (Å²) in [5, 5.41) is 12.1. The minimum Gasteiger partial charge on any atom is -0.379 e. The van der Waals surface area contributed by atoms with Crippen molar-refractivity contribution in [2.75, 3.05) is 49.6 Å². The average Bonchev–Trinajstić information content (AvgIpc) is 3.46. The highest BCUT2D eigenvalue weighted by Crippen LogP contribution is 2.30. The molecule has 0 radical (unpaired) electrons. The number of aryl methyl sites for hydroxylation is 1. The van der Waals surface area contributed by atoms with Crippen LogP contribution in [0.1, 0.15) is 35.1 Å². The topological polar surface area (TPSA) is 105 Å². The molecule has 0 spiro atoms. The molecule has 2 aromatic rings. The summed E-state index contributed by atoms with van der Waals surface area (Å²) in [5.74, 6) is -0.380. The van der Waals surface area contributed by atoms with Crippen molar-refractivity contribution in [1.82, 2.24) is 14.5 Å². The third kappa shape index (κ3) is 4.34. The first-order valence-electron chi connectivity index (χ1n) is 10.1. The molecule has 11 heteroatoms. The number of nitrogens with zero attached hydrogens (tertiary/aromatic N) is 4. The highest BCUT2D eigenvalue weighted by Gasteiger charge is 2.29. The Morgan fingerprint density at radius 2 is 1.90 bits per heavy atom. The molecule has 2 aliphatic heterocycles. The highest BCUT2D eigenvalue weighted by atomic mass is 32.2. The van der Waals surface area contributed by atoms with Crippen LogP contribution in [0.5, 0.6) is 0 Å². The average molecular weight is 452 g/mol. The van der Waals surface area contributed by atoms with Crippen LogP contribution in [0.25, 0.3) is 0 Å². The van der Waals surface area contributed by atoms with E-state index in [4.69, 9.17) is 4.74 Å². The highest BCUT2D eigenvalue weighted by molar-refractivity contribution is 7.89. The third-order valence-electron chi connectivity index (χ3n) is 5.26. The van der Waals surface area contributed by atoms with Gasteiger partial charge in [-0.1, -0.05) is 18.3 Å². The van der Waals surface area contributed by atoms with Gasteiger partial charge in [0, 0.05) is 31.9 Å². The fraction of sp³-hybridized carbons (Fsp3) is 0.526. The summed E-state index contributed by atoms with van der Waals surface area (Å²) in [4.78, 5) is 15.4. The van der Waals surface area contributed by atoms with Crippen LogP contribution in [0.4, 0.5) is 10.8 Å². The van der Waals surface area contributed by atoms with Crippen molar-refractivity contribution < 1.29 is 17.9 Å². The van der Waals surface area contributed by atoms with Gasteiger partial charge in [0.2, 0.25) is 15.2 Å². The van der Waals surface area contributed by atoms with Crippen molar-refractivity contribution in [1.29, 1.82) is 0 Å². The van der Waals surface area contributed by atoms with Gasteiger partial charge in [0.1, 0.15) is 5.01 Å². The molecule has 3 heterocycles. The molecule has 0 atom stereocenters. The number of sulfonamides is 1. The predicted octanol–water partition coefficient (Wildman–Crippen LogP) is 1.97. The van der Waals surface area contributed by atoms with Crippen LogP contribution in [-0.4, -0.2) is 68.2 Å². The van der Waals surface area contributed by atoms with Crippen LogP contribution < -0.4 is 10.2 Å². The van der Waals surface area contributed by atoms with Crippen molar-refractivity contribution in [3.63, 3.8) is 0 Å². The number of carbonyl (C=O) groups excluding carboxylic acids is 1. The number of anilines is 2. The van der Waals surface area contributed by atoms with Gasteiger partial charge in [-0.15, -0.1) is 10.2 Å². The summed E-state index contributed by atoms with van der Waals surface area (Å²) in [5.41, 5.74) is 1.07. The second-order valence-corrected chi connectivity index (χ2v) is 10.2. The van der Waals surface area contributed by atoms with E-state index in [0.29, 0.717) is 37.0 Å².